The molecule has 20 heavy (non-hydrogen) atoms. The maximum Gasteiger partial charge on any atom is 0.150 e. The van der Waals surface area contributed by atoms with E-state index in [2.05, 4.69) is 25.1 Å². The summed E-state index contributed by atoms with van der Waals surface area (Å²) in [4.78, 5) is 7.16. The Balaban J connectivity index is 2.01. The van der Waals surface area contributed by atoms with Gasteiger partial charge in [-0.2, -0.15) is 5.26 Å². The molecule has 0 bridgehead atoms. The highest BCUT2D eigenvalue weighted by Gasteiger charge is 2.10. The highest BCUT2D eigenvalue weighted by molar-refractivity contribution is 7.15. The second-order valence-electron chi connectivity index (χ2n) is 4.66. The van der Waals surface area contributed by atoms with Crippen LogP contribution in [0.5, 0.6) is 0 Å². The minimum atomic E-state index is 0.666. The van der Waals surface area contributed by atoms with Crippen LogP contribution in [0, 0.1) is 18.3 Å². The summed E-state index contributed by atoms with van der Waals surface area (Å²) in [5.41, 5.74) is 2.62. The molecule has 0 spiro atoms. The lowest BCUT2D eigenvalue weighted by Crippen LogP contribution is -1.87. The molecule has 0 aliphatic heterocycles. The minimum Gasteiger partial charge on any atom is -0.333 e. The molecular weight excluding hydrogens is 266 g/mol. The molecule has 98 valence electrons. The fourth-order valence-corrected chi connectivity index (χ4v) is 3.00. The molecule has 0 unspecified atom stereocenters. The van der Waals surface area contributed by atoms with Crippen LogP contribution in [0.3, 0.4) is 0 Å². The predicted octanol–water partition coefficient (Wildman–Crippen LogP) is 4.00. The van der Waals surface area contributed by atoms with E-state index in [1.165, 1.54) is 9.75 Å². The van der Waals surface area contributed by atoms with Crippen molar-refractivity contribution < 1.29 is 0 Å². The van der Waals surface area contributed by atoms with Gasteiger partial charge in [0.15, 0.2) is 5.82 Å². The van der Waals surface area contributed by atoms with Gasteiger partial charge in [0.25, 0.3) is 0 Å². The van der Waals surface area contributed by atoms with Gasteiger partial charge in [-0.25, -0.2) is 4.98 Å². The van der Waals surface area contributed by atoms with Gasteiger partial charge in [-0.05, 0) is 31.2 Å². The van der Waals surface area contributed by atoms with Crippen molar-refractivity contribution in [2.45, 2.75) is 6.92 Å². The first kappa shape index (κ1) is 12.6. The minimum absolute atomic E-state index is 0.666. The van der Waals surface area contributed by atoms with Gasteiger partial charge in [0.2, 0.25) is 0 Å². The molecule has 0 amide bonds. The van der Waals surface area contributed by atoms with E-state index >= 15 is 0 Å². The number of aryl methyl sites for hydroxylation is 2. The molecule has 3 aromatic rings. The Bertz CT molecular complexity index is 788. The molecule has 2 aromatic heterocycles. The number of hydrogen-bond donors (Lipinski definition) is 0. The number of benzene rings is 1. The summed E-state index contributed by atoms with van der Waals surface area (Å²) >= 11 is 1.74. The zero-order valence-electron chi connectivity index (χ0n) is 11.3. The maximum atomic E-state index is 8.83. The fourth-order valence-electron chi connectivity index (χ4n) is 2.10. The largest absolute Gasteiger partial charge is 0.333 e. The Labute approximate surface area is 121 Å². The third-order valence-electron chi connectivity index (χ3n) is 3.15. The smallest absolute Gasteiger partial charge is 0.150 e. The number of nitrogens with zero attached hydrogens (tertiary/aromatic N) is 3. The van der Waals surface area contributed by atoms with E-state index in [1.54, 1.807) is 11.3 Å². The summed E-state index contributed by atoms with van der Waals surface area (Å²) in [6.07, 6.45) is 2.02. The van der Waals surface area contributed by atoms with Crippen molar-refractivity contribution in [2.24, 2.45) is 7.05 Å². The van der Waals surface area contributed by atoms with Crippen LogP contribution in [0.4, 0.5) is 0 Å². The van der Waals surface area contributed by atoms with Gasteiger partial charge in [0.05, 0.1) is 22.2 Å². The SMILES string of the molecule is Cc1ccc(-c2nc(-c3ccc(C#N)cc3)cn2C)s1. The van der Waals surface area contributed by atoms with Crippen molar-refractivity contribution in [3.8, 4) is 28.0 Å². The number of aromatic nitrogens is 2. The Hall–Kier alpha value is -2.38. The summed E-state index contributed by atoms with van der Waals surface area (Å²) in [5, 5.41) is 8.83. The number of hydrogen-bond acceptors (Lipinski definition) is 3. The van der Waals surface area contributed by atoms with Crippen molar-refractivity contribution in [2.75, 3.05) is 0 Å². The Morgan fingerprint density at radius 3 is 2.50 bits per heavy atom. The van der Waals surface area contributed by atoms with Crippen LogP contribution in [0.15, 0.2) is 42.6 Å². The third kappa shape index (κ3) is 2.24. The standard InChI is InChI=1S/C16H13N3S/c1-11-3-8-15(20-11)16-18-14(10-19(16)2)13-6-4-12(9-17)5-7-13/h3-8,10H,1-2H3. The third-order valence-corrected chi connectivity index (χ3v) is 4.14. The molecule has 3 nitrogen and oxygen atoms in total. The number of rotatable bonds is 2. The lowest BCUT2D eigenvalue weighted by Gasteiger charge is -1.96. The molecular formula is C16H13N3S. The molecule has 2 heterocycles. The van der Waals surface area contributed by atoms with Crippen LogP contribution in [-0.4, -0.2) is 9.55 Å². The van der Waals surface area contributed by atoms with Gasteiger partial charge in [-0.15, -0.1) is 11.3 Å². The van der Waals surface area contributed by atoms with E-state index in [0.29, 0.717) is 5.56 Å². The van der Waals surface area contributed by atoms with Gasteiger partial charge in [-0.1, -0.05) is 12.1 Å². The van der Waals surface area contributed by atoms with E-state index in [1.807, 2.05) is 42.1 Å². The second kappa shape index (κ2) is 4.95. The monoisotopic (exact) mass is 279 g/mol. The topological polar surface area (TPSA) is 41.6 Å². The summed E-state index contributed by atoms with van der Waals surface area (Å²) in [7, 11) is 2.00. The van der Waals surface area contributed by atoms with Gasteiger partial charge in [0, 0.05) is 23.7 Å². The van der Waals surface area contributed by atoms with Crippen molar-refractivity contribution >= 4 is 11.3 Å². The lowest BCUT2D eigenvalue weighted by atomic mass is 10.1. The number of thiophene rings is 1. The molecule has 0 aliphatic rings. The number of nitriles is 1. The van der Waals surface area contributed by atoms with Gasteiger partial charge in [0.1, 0.15) is 0 Å². The predicted molar refractivity (Wildman–Crippen MR) is 81.4 cm³/mol. The molecule has 0 radical (unpaired) electrons. The summed E-state index contributed by atoms with van der Waals surface area (Å²) < 4.78 is 2.04. The maximum absolute atomic E-state index is 8.83. The van der Waals surface area contributed by atoms with Crippen molar-refractivity contribution in [1.82, 2.24) is 9.55 Å². The Kier molecular flexibility index (Phi) is 3.13. The van der Waals surface area contributed by atoms with Crippen molar-refractivity contribution in [3.05, 3.63) is 53.0 Å². The highest BCUT2D eigenvalue weighted by atomic mass is 32.1. The quantitative estimate of drug-likeness (QED) is 0.711. The van der Waals surface area contributed by atoms with Gasteiger partial charge >= 0.3 is 0 Å². The first-order chi connectivity index (χ1) is 9.67. The average molecular weight is 279 g/mol. The van der Waals surface area contributed by atoms with E-state index in [9.17, 15) is 0 Å². The normalized spacial score (nSPS) is 10.4. The van der Waals surface area contributed by atoms with Crippen molar-refractivity contribution in [1.29, 1.82) is 5.26 Å². The molecule has 0 atom stereocenters. The summed E-state index contributed by atoms with van der Waals surface area (Å²) in [5.74, 6) is 0.974. The lowest BCUT2D eigenvalue weighted by molar-refractivity contribution is 0.928. The average Bonchev–Trinajstić information content (AvgIpc) is 3.05. The van der Waals surface area contributed by atoms with E-state index in [0.717, 1.165) is 17.1 Å². The molecule has 4 heteroatoms. The Morgan fingerprint density at radius 2 is 1.90 bits per heavy atom. The molecule has 0 fully saturated rings. The van der Waals surface area contributed by atoms with E-state index < -0.39 is 0 Å². The van der Waals surface area contributed by atoms with Gasteiger partial charge in [-0.3, -0.25) is 0 Å². The van der Waals surface area contributed by atoms with Crippen molar-refractivity contribution in [3.63, 3.8) is 0 Å². The van der Waals surface area contributed by atoms with E-state index in [-0.39, 0.29) is 0 Å². The van der Waals surface area contributed by atoms with Crippen LogP contribution >= 0.6 is 11.3 Å². The Morgan fingerprint density at radius 1 is 1.15 bits per heavy atom. The van der Waals surface area contributed by atoms with Crippen LogP contribution < -0.4 is 0 Å². The summed E-state index contributed by atoms with van der Waals surface area (Å²) in [6, 6.07) is 13.8. The van der Waals surface area contributed by atoms with Crippen LogP contribution in [0.2, 0.25) is 0 Å². The number of imidazole rings is 1. The van der Waals surface area contributed by atoms with Crippen LogP contribution in [0.1, 0.15) is 10.4 Å². The first-order valence-corrected chi connectivity index (χ1v) is 7.10. The molecule has 1 aromatic carbocycles. The first-order valence-electron chi connectivity index (χ1n) is 6.28. The summed E-state index contributed by atoms with van der Waals surface area (Å²) in [6.45, 7) is 2.10. The van der Waals surface area contributed by atoms with Gasteiger partial charge < -0.3 is 4.57 Å². The second-order valence-corrected chi connectivity index (χ2v) is 5.95. The zero-order chi connectivity index (χ0) is 14.1. The molecule has 0 aliphatic carbocycles. The molecule has 3 rings (SSSR count). The molecule has 0 saturated heterocycles. The molecule has 0 saturated carbocycles. The van der Waals surface area contributed by atoms with Crippen LogP contribution in [-0.2, 0) is 7.05 Å². The zero-order valence-corrected chi connectivity index (χ0v) is 12.1. The fraction of sp³-hybridized carbons (Fsp3) is 0.125. The van der Waals surface area contributed by atoms with Crippen LogP contribution in [0.25, 0.3) is 22.0 Å². The van der Waals surface area contributed by atoms with E-state index in [4.69, 9.17) is 10.2 Å². The molecule has 0 N–H and O–H groups in total. The highest BCUT2D eigenvalue weighted by Crippen LogP contribution is 2.29.